The first-order chi connectivity index (χ1) is 8.83. The van der Waals surface area contributed by atoms with E-state index in [1.54, 1.807) is 11.3 Å². The number of unbranched alkanes of at least 4 members (excludes halogenated alkanes) is 2. The Kier molecular flexibility index (Phi) is 5.20. The quantitative estimate of drug-likeness (QED) is 0.740. The monoisotopic (exact) mass is 265 g/mol. The summed E-state index contributed by atoms with van der Waals surface area (Å²) in [5.41, 5.74) is 1.21. The number of hydrogen-bond donors (Lipinski definition) is 1. The average molecular weight is 265 g/mol. The third-order valence-electron chi connectivity index (χ3n) is 3.25. The molecule has 0 saturated heterocycles. The van der Waals surface area contributed by atoms with Gasteiger partial charge in [-0.2, -0.15) is 0 Å². The molecule has 1 unspecified atom stereocenters. The first-order valence-electron chi connectivity index (χ1n) is 6.98. The van der Waals surface area contributed by atoms with E-state index in [2.05, 4.69) is 46.3 Å². The summed E-state index contributed by atoms with van der Waals surface area (Å²) in [4.78, 5) is 5.77. The predicted octanol–water partition coefficient (Wildman–Crippen LogP) is 3.50. The SMILES string of the molecule is CCCCCC(Cc1cn2ccsc2n1)NCC. The molecule has 0 radical (unpaired) electrons. The van der Waals surface area contributed by atoms with E-state index in [-0.39, 0.29) is 0 Å². The van der Waals surface area contributed by atoms with Crippen LogP contribution in [0.3, 0.4) is 0 Å². The van der Waals surface area contributed by atoms with Gasteiger partial charge in [-0.15, -0.1) is 11.3 Å². The molecule has 4 heteroatoms. The molecule has 2 rings (SSSR count). The number of likely N-dealkylation sites (N-methyl/N-ethyl adjacent to an activating group) is 1. The van der Waals surface area contributed by atoms with Gasteiger partial charge in [-0.1, -0.05) is 33.1 Å². The van der Waals surface area contributed by atoms with Crippen LogP contribution in [-0.4, -0.2) is 22.0 Å². The van der Waals surface area contributed by atoms with Crippen LogP contribution in [0.1, 0.15) is 45.2 Å². The smallest absolute Gasteiger partial charge is 0.193 e. The molecule has 3 nitrogen and oxygen atoms in total. The summed E-state index contributed by atoms with van der Waals surface area (Å²) in [6, 6.07) is 0.575. The maximum atomic E-state index is 4.66. The molecule has 0 aliphatic carbocycles. The van der Waals surface area contributed by atoms with Crippen molar-refractivity contribution in [2.45, 2.75) is 52.0 Å². The summed E-state index contributed by atoms with van der Waals surface area (Å²) < 4.78 is 2.12. The summed E-state index contributed by atoms with van der Waals surface area (Å²) in [6.45, 7) is 5.48. The Morgan fingerprint density at radius 1 is 1.39 bits per heavy atom. The lowest BCUT2D eigenvalue weighted by Gasteiger charge is -2.16. The molecule has 1 atom stereocenters. The zero-order valence-electron chi connectivity index (χ0n) is 11.4. The number of nitrogens with zero attached hydrogens (tertiary/aromatic N) is 2. The molecule has 18 heavy (non-hydrogen) atoms. The van der Waals surface area contributed by atoms with Crippen LogP contribution in [0.2, 0.25) is 0 Å². The minimum Gasteiger partial charge on any atom is -0.314 e. The summed E-state index contributed by atoms with van der Waals surface area (Å²) in [6.07, 6.45) is 10.5. The molecule has 0 saturated carbocycles. The van der Waals surface area contributed by atoms with Crippen molar-refractivity contribution in [3.8, 4) is 0 Å². The lowest BCUT2D eigenvalue weighted by molar-refractivity contribution is 0.464. The van der Waals surface area contributed by atoms with Gasteiger partial charge < -0.3 is 5.32 Å². The van der Waals surface area contributed by atoms with Crippen molar-refractivity contribution < 1.29 is 0 Å². The van der Waals surface area contributed by atoms with E-state index < -0.39 is 0 Å². The van der Waals surface area contributed by atoms with E-state index in [0.717, 1.165) is 17.9 Å². The molecular weight excluding hydrogens is 242 g/mol. The molecule has 2 heterocycles. The standard InChI is InChI=1S/C14H23N3S/c1-3-5-6-7-12(15-4-2)10-13-11-17-8-9-18-14(17)16-13/h8-9,11-12,15H,3-7,10H2,1-2H3. The molecule has 0 aliphatic rings. The zero-order chi connectivity index (χ0) is 12.8. The molecule has 2 aromatic rings. The lowest BCUT2D eigenvalue weighted by Crippen LogP contribution is -2.31. The van der Waals surface area contributed by atoms with Crippen molar-refractivity contribution in [1.82, 2.24) is 14.7 Å². The third kappa shape index (κ3) is 3.56. The van der Waals surface area contributed by atoms with E-state index in [0.29, 0.717) is 6.04 Å². The number of thiazole rings is 1. The summed E-state index contributed by atoms with van der Waals surface area (Å²) in [7, 11) is 0. The van der Waals surface area contributed by atoms with E-state index in [4.69, 9.17) is 0 Å². The molecule has 0 aliphatic heterocycles. The number of aromatic nitrogens is 2. The van der Waals surface area contributed by atoms with Crippen molar-refractivity contribution in [3.63, 3.8) is 0 Å². The van der Waals surface area contributed by atoms with Gasteiger partial charge in [-0.25, -0.2) is 4.98 Å². The maximum absolute atomic E-state index is 4.66. The van der Waals surface area contributed by atoms with Gasteiger partial charge in [0.15, 0.2) is 4.96 Å². The fourth-order valence-corrected chi connectivity index (χ4v) is 3.05. The first-order valence-corrected chi connectivity index (χ1v) is 7.86. The molecule has 2 aromatic heterocycles. The van der Waals surface area contributed by atoms with Crippen LogP contribution >= 0.6 is 11.3 Å². The minimum absolute atomic E-state index is 0.575. The Morgan fingerprint density at radius 2 is 2.28 bits per heavy atom. The highest BCUT2D eigenvalue weighted by molar-refractivity contribution is 7.15. The Bertz CT molecular complexity index is 432. The van der Waals surface area contributed by atoms with E-state index >= 15 is 0 Å². The second kappa shape index (κ2) is 6.90. The molecule has 0 fully saturated rings. The molecule has 0 aromatic carbocycles. The first kappa shape index (κ1) is 13.6. The van der Waals surface area contributed by atoms with Crippen LogP contribution in [-0.2, 0) is 6.42 Å². The van der Waals surface area contributed by atoms with E-state index in [9.17, 15) is 0 Å². The van der Waals surface area contributed by atoms with Crippen LogP contribution in [0.5, 0.6) is 0 Å². The van der Waals surface area contributed by atoms with Crippen molar-refractivity contribution in [2.75, 3.05) is 6.54 Å². The van der Waals surface area contributed by atoms with Gasteiger partial charge in [0.25, 0.3) is 0 Å². The van der Waals surface area contributed by atoms with Gasteiger partial charge in [0.2, 0.25) is 0 Å². The number of hydrogen-bond acceptors (Lipinski definition) is 3. The van der Waals surface area contributed by atoms with Gasteiger partial charge in [0.05, 0.1) is 5.69 Å². The van der Waals surface area contributed by atoms with Crippen LogP contribution in [0.4, 0.5) is 0 Å². The molecule has 100 valence electrons. The molecule has 0 bridgehead atoms. The highest BCUT2D eigenvalue weighted by Gasteiger charge is 2.11. The van der Waals surface area contributed by atoms with E-state index in [1.807, 2.05) is 0 Å². The van der Waals surface area contributed by atoms with Crippen LogP contribution in [0, 0.1) is 0 Å². The van der Waals surface area contributed by atoms with Gasteiger partial charge in [-0.05, 0) is 13.0 Å². The maximum Gasteiger partial charge on any atom is 0.193 e. The summed E-state index contributed by atoms with van der Waals surface area (Å²) >= 11 is 1.70. The zero-order valence-corrected chi connectivity index (χ0v) is 12.2. The third-order valence-corrected chi connectivity index (χ3v) is 4.02. The van der Waals surface area contributed by atoms with Gasteiger partial charge in [0, 0.05) is 30.2 Å². The fourth-order valence-electron chi connectivity index (χ4n) is 2.33. The summed E-state index contributed by atoms with van der Waals surface area (Å²) in [5, 5.41) is 5.66. The van der Waals surface area contributed by atoms with E-state index in [1.165, 1.54) is 31.4 Å². The van der Waals surface area contributed by atoms with Crippen molar-refractivity contribution in [3.05, 3.63) is 23.5 Å². The van der Waals surface area contributed by atoms with Crippen molar-refractivity contribution in [2.24, 2.45) is 0 Å². The number of fused-ring (bicyclic) bond motifs is 1. The van der Waals surface area contributed by atoms with Crippen molar-refractivity contribution >= 4 is 16.3 Å². The normalized spacial score (nSPS) is 13.2. The molecule has 0 amide bonds. The Hall–Kier alpha value is -0.870. The number of rotatable bonds is 8. The fraction of sp³-hybridized carbons (Fsp3) is 0.643. The molecular formula is C14H23N3S. The number of imidazole rings is 1. The highest BCUT2D eigenvalue weighted by Crippen LogP contribution is 2.14. The van der Waals surface area contributed by atoms with Crippen LogP contribution < -0.4 is 5.32 Å². The summed E-state index contributed by atoms with van der Waals surface area (Å²) in [5.74, 6) is 0. The van der Waals surface area contributed by atoms with Gasteiger partial charge in [0.1, 0.15) is 0 Å². The lowest BCUT2D eigenvalue weighted by atomic mass is 10.0. The Balaban J connectivity index is 1.92. The van der Waals surface area contributed by atoms with Gasteiger partial charge >= 0.3 is 0 Å². The largest absolute Gasteiger partial charge is 0.314 e. The van der Waals surface area contributed by atoms with Crippen LogP contribution in [0.15, 0.2) is 17.8 Å². The second-order valence-electron chi connectivity index (χ2n) is 4.78. The average Bonchev–Trinajstić information content (AvgIpc) is 2.90. The Morgan fingerprint density at radius 3 is 3.00 bits per heavy atom. The van der Waals surface area contributed by atoms with Crippen molar-refractivity contribution in [1.29, 1.82) is 0 Å². The minimum atomic E-state index is 0.575. The van der Waals surface area contributed by atoms with Crippen LogP contribution in [0.25, 0.3) is 4.96 Å². The number of nitrogens with one attached hydrogen (secondary N) is 1. The second-order valence-corrected chi connectivity index (χ2v) is 5.65. The predicted molar refractivity (Wildman–Crippen MR) is 78.4 cm³/mol. The molecule has 0 spiro atoms. The highest BCUT2D eigenvalue weighted by atomic mass is 32.1. The molecule has 1 N–H and O–H groups in total. The topological polar surface area (TPSA) is 29.3 Å². The Labute approximate surface area is 113 Å². The van der Waals surface area contributed by atoms with Gasteiger partial charge in [-0.3, -0.25) is 4.40 Å².